The van der Waals surface area contributed by atoms with Crippen LogP contribution in [0.25, 0.3) is 0 Å². The van der Waals surface area contributed by atoms with E-state index in [0.29, 0.717) is 17.9 Å². The van der Waals surface area contributed by atoms with Gasteiger partial charge in [0.2, 0.25) is 0 Å². The summed E-state index contributed by atoms with van der Waals surface area (Å²) in [5.74, 6) is 1.50. The number of ether oxygens (including phenoxy) is 2. The van der Waals surface area contributed by atoms with Crippen LogP contribution in [0.5, 0.6) is 11.5 Å². The predicted molar refractivity (Wildman–Crippen MR) is 78.0 cm³/mol. The Morgan fingerprint density at radius 1 is 1.05 bits per heavy atom. The van der Waals surface area contributed by atoms with Crippen molar-refractivity contribution in [2.45, 2.75) is 6.54 Å². The molecular weight excluding hydrogens is 252 g/mol. The second-order valence-electron chi connectivity index (χ2n) is 4.23. The molecule has 0 saturated heterocycles. The Morgan fingerprint density at radius 2 is 1.80 bits per heavy atom. The van der Waals surface area contributed by atoms with E-state index in [0.717, 1.165) is 17.0 Å². The molecule has 0 atom stereocenters. The van der Waals surface area contributed by atoms with Crippen LogP contribution < -0.4 is 14.8 Å². The third-order valence-corrected chi connectivity index (χ3v) is 2.97. The average Bonchev–Trinajstić information content (AvgIpc) is 2.53. The lowest BCUT2D eigenvalue weighted by Gasteiger charge is -2.11. The van der Waals surface area contributed by atoms with Gasteiger partial charge in [0.1, 0.15) is 11.5 Å². The minimum absolute atomic E-state index is 0.580. The molecule has 102 valence electrons. The summed E-state index contributed by atoms with van der Waals surface area (Å²) in [6, 6.07) is 15.3. The van der Waals surface area contributed by atoms with Crippen molar-refractivity contribution in [1.82, 2.24) is 0 Å². The molecule has 4 heteroatoms. The van der Waals surface area contributed by atoms with Gasteiger partial charge in [-0.2, -0.15) is 5.26 Å². The first-order valence-corrected chi connectivity index (χ1v) is 6.21. The Hall–Kier alpha value is -2.67. The Morgan fingerprint density at radius 3 is 2.40 bits per heavy atom. The van der Waals surface area contributed by atoms with E-state index in [9.17, 15) is 0 Å². The lowest BCUT2D eigenvalue weighted by Crippen LogP contribution is -2.01. The van der Waals surface area contributed by atoms with E-state index in [1.807, 2.05) is 30.3 Å². The molecule has 0 aliphatic rings. The largest absolute Gasteiger partial charge is 0.497 e. The zero-order valence-corrected chi connectivity index (χ0v) is 11.5. The highest BCUT2D eigenvalue weighted by Crippen LogP contribution is 2.26. The fourth-order valence-electron chi connectivity index (χ4n) is 1.85. The molecule has 0 bridgehead atoms. The molecule has 2 aromatic carbocycles. The highest BCUT2D eigenvalue weighted by atomic mass is 16.5. The molecule has 2 aromatic rings. The van der Waals surface area contributed by atoms with Gasteiger partial charge in [-0.05, 0) is 29.8 Å². The standard InChI is InChI=1S/C16H16N2O2/c1-19-14-6-3-12(4-7-14)11-18-15-8-5-13(10-17)9-16(15)20-2/h3-9,18H,11H2,1-2H3. The Balaban J connectivity index is 2.08. The van der Waals surface area contributed by atoms with Crippen LogP contribution in [-0.2, 0) is 6.54 Å². The number of nitrogens with zero attached hydrogens (tertiary/aromatic N) is 1. The zero-order chi connectivity index (χ0) is 14.4. The summed E-state index contributed by atoms with van der Waals surface area (Å²) in [7, 11) is 3.24. The van der Waals surface area contributed by atoms with E-state index < -0.39 is 0 Å². The maximum atomic E-state index is 8.87. The van der Waals surface area contributed by atoms with E-state index in [4.69, 9.17) is 14.7 Å². The van der Waals surface area contributed by atoms with Crippen LogP contribution in [0.2, 0.25) is 0 Å². The number of rotatable bonds is 5. The molecule has 4 nitrogen and oxygen atoms in total. The number of benzene rings is 2. The first-order chi connectivity index (χ1) is 9.76. The second kappa shape index (κ2) is 6.48. The van der Waals surface area contributed by atoms with Crippen LogP contribution in [0.1, 0.15) is 11.1 Å². The molecular formula is C16H16N2O2. The molecule has 0 radical (unpaired) electrons. The van der Waals surface area contributed by atoms with Crippen molar-refractivity contribution >= 4 is 5.69 Å². The fourth-order valence-corrected chi connectivity index (χ4v) is 1.85. The van der Waals surface area contributed by atoms with Gasteiger partial charge >= 0.3 is 0 Å². The van der Waals surface area contributed by atoms with E-state index >= 15 is 0 Å². The minimum Gasteiger partial charge on any atom is -0.497 e. The maximum absolute atomic E-state index is 8.87. The fraction of sp³-hybridized carbons (Fsp3) is 0.188. The van der Waals surface area contributed by atoms with E-state index in [-0.39, 0.29) is 0 Å². The quantitative estimate of drug-likeness (QED) is 0.904. The monoisotopic (exact) mass is 268 g/mol. The van der Waals surface area contributed by atoms with E-state index in [2.05, 4.69) is 11.4 Å². The first-order valence-electron chi connectivity index (χ1n) is 6.21. The molecule has 0 aliphatic heterocycles. The lowest BCUT2D eigenvalue weighted by atomic mass is 10.2. The zero-order valence-electron chi connectivity index (χ0n) is 11.5. The number of methoxy groups -OCH3 is 2. The van der Waals surface area contributed by atoms with Crippen molar-refractivity contribution in [1.29, 1.82) is 5.26 Å². The number of hydrogen-bond acceptors (Lipinski definition) is 4. The molecule has 0 aliphatic carbocycles. The normalized spacial score (nSPS) is 9.65. The third-order valence-electron chi connectivity index (χ3n) is 2.97. The van der Waals surface area contributed by atoms with Gasteiger partial charge < -0.3 is 14.8 Å². The van der Waals surface area contributed by atoms with Crippen molar-refractivity contribution in [3.63, 3.8) is 0 Å². The average molecular weight is 268 g/mol. The smallest absolute Gasteiger partial charge is 0.143 e. The minimum atomic E-state index is 0.580. The summed E-state index contributed by atoms with van der Waals surface area (Å²) in [5, 5.41) is 12.2. The topological polar surface area (TPSA) is 54.3 Å². The van der Waals surface area contributed by atoms with Crippen LogP contribution in [0.4, 0.5) is 5.69 Å². The lowest BCUT2D eigenvalue weighted by molar-refractivity contribution is 0.414. The molecule has 0 saturated carbocycles. The van der Waals surface area contributed by atoms with Gasteiger partial charge in [-0.15, -0.1) is 0 Å². The highest BCUT2D eigenvalue weighted by Gasteiger charge is 2.04. The molecule has 0 fully saturated rings. The van der Waals surface area contributed by atoms with Crippen molar-refractivity contribution in [2.75, 3.05) is 19.5 Å². The summed E-state index contributed by atoms with van der Waals surface area (Å²) in [6.45, 7) is 0.673. The Kier molecular flexibility index (Phi) is 4.46. The van der Waals surface area contributed by atoms with Gasteiger partial charge in [-0.1, -0.05) is 12.1 Å². The number of anilines is 1. The Bertz CT molecular complexity index is 615. The van der Waals surface area contributed by atoms with Crippen LogP contribution in [-0.4, -0.2) is 14.2 Å². The molecule has 20 heavy (non-hydrogen) atoms. The number of hydrogen-bond donors (Lipinski definition) is 1. The molecule has 2 rings (SSSR count). The summed E-state index contributed by atoms with van der Waals surface area (Å²) in [6.07, 6.45) is 0. The molecule has 0 spiro atoms. The van der Waals surface area contributed by atoms with Crippen LogP contribution >= 0.6 is 0 Å². The van der Waals surface area contributed by atoms with E-state index in [1.54, 1.807) is 26.4 Å². The van der Waals surface area contributed by atoms with Gasteiger partial charge in [0.15, 0.2) is 0 Å². The van der Waals surface area contributed by atoms with Crippen LogP contribution in [0.15, 0.2) is 42.5 Å². The maximum Gasteiger partial charge on any atom is 0.143 e. The molecule has 0 amide bonds. The SMILES string of the molecule is COc1ccc(CNc2ccc(C#N)cc2OC)cc1. The van der Waals surface area contributed by atoms with Gasteiger partial charge in [0.05, 0.1) is 31.5 Å². The van der Waals surface area contributed by atoms with Crippen LogP contribution in [0.3, 0.4) is 0 Å². The third kappa shape index (κ3) is 3.21. The summed E-state index contributed by atoms with van der Waals surface area (Å²) in [5.41, 5.74) is 2.58. The molecule has 0 heterocycles. The number of nitriles is 1. The molecule has 0 aromatic heterocycles. The summed E-state index contributed by atoms with van der Waals surface area (Å²) >= 11 is 0. The van der Waals surface area contributed by atoms with E-state index in [1.165, 1.54) is 0 Å². The molecule has 0 unspecified atom stereocenters. The van der Waals surface area contributed by atoms with Crippen molar-refractivity contribution < 1.29 is 9.47 Å². The second-order valence-corrected chi connectivity index (χ2v) is 4.23. The predicted octanol–water partition coefficient (Wildman–Crippen LogP) is 3.19. The first kappa shape index (κ1) is 13.8. The van der Waals surface area contributed by atoms with Gasteiger partial charge in [-0.3, -0.25) is 0 Å². The van der Waals surface area contributed by atoms with Crippen LogP contribution in [0, 0.1) is 11.3 Å². The van der Waals surface area contributed by atoms with Crippen molar-refractivity contribution in [3.05, 3.63) is 53.6 Å². The van der Waals surface area contributed by atoms with Crippen molar-refractivity contribution in [3.8, 4) is 17.6 Å². The highest BCUT2D eigenvalue weighted by molar-refractivity contribution is 5.59. The van der Waals surface area contributed by atoms with Gasteiger partial charge in [0.25, 0.3) is 0 Å². The van der Waals surface area contributed by atoms with Gasteiger partial charge in [-0.25, -0.2) is 0 Å². The summed E-state index contributed by atoms with van der Waals surface area (Å²) in [4.78, 5) is 0. The number of nitrogens with one attached hydrogen (secondary N) is 1. The molecule has 1 N–H and O–H groups in total. The summed E-state index contributed by atoms with van der Waals surface area (Å²) < 4.78 is 10.4. The van der Waals surface area contributed by atoms with Crippen molar-refractivity contribution in [2.24, 2.45) is 0 Å². The Labute approximate surface area is 118 Å². The van der Waals surface area contributed by atoms with Gasteiger partial charge in [0, 0.05) is 12.6 Å².